The highest BCUT2D eigenvalue weighted by Crippen LogP contribution is 2.50. The molecule has 3 aromatic heterocycles. The van der Waals surface area contributed by atoms with Gasteiger partial charge in [0.15, 0.2) is 0 Å². The summed E-state index contributed by atoms with van der Waals surface area (Å²) >= 11 is 0. The fourth-order valence-corrected chi connectivity index (χ4v) is 13.0. The first-order valence-corrected chi connectivity index (χ1v) is 24.3. The summed E-state index contributed by atoms with van der Waals surface area (Å²) in [7, 11) is 0. The number of aromatic nitrogens is 3. The van der Waals surface area contributed by atoms with Crippen molar-refractivity contribution in [3.05, 3.63) is 168 Å². The highest BCUT2D eigenvalue weighted by Gasteiger charge is 2.42. The molecule has 9 aromatic carbocycles. The Labute approximate surface area is 402 Å². The fraction of sp³-hybridized carbons (Fsp3) is 0.188. The standard InChI is InChI=1S/C64H52BN3/c1-33(2)38-20-22-53-47(25-38)49-27-40(35(5)6)29-51-63(49)67(53)57-31-42(32-58-62(57)65(51)52-30-41(36(7)8)28-50-48-26-39(34(3)4)21-23-54(48)68(58)64(50)52)66-55-18-12-17-46-44-15-10-9-14-43(44)45-16-11-13-37-19-24-56(66)61(59(37)45)60(46)55/h9-36H,1-8H3/i33D,34D,35D,36D. The van der Waals surface area contributed by atoms with Crippen molar-refractivity contribution in [1.82, 2.24) is 13.7 Å². The minimum absolute atomic E-state index is 0.232. The van der Waals surface area contributed by atoms with Gasteiger partial charge in [0.05, 0.1) is 27.8 Å². The number of benzene rings is 9. The van der Waals surface area contributed by atoms with E-state index < -0.39 is 23.6 Å². The first-order valence-electron chi connectivity index (χ1n) is 26.3. The van der Waals surface area contributed by atoms with Gasteiger partial charge in [-0.05, 0) is 156 Å². The van der Waals surface area contributed by atoms with Crippen LogP contribution in [0.3, 0.4) is 0 Å². The molecule has 0 saturated carbocycles. The van der Waals surface area contributed by atoms with Gasteiger partial charge >= 0.3 is 0 Å². The van der Waals surface area contributed by atoms with Crippen molar-refractivity contribution in [3.8, 4) is 39.3 Å². The summed E-state index contributed by atoms with van der Waals surface area (Å²) in [5.74, 6) is -3.44. The Morgan fingerprint density at radius 1 is 0.382 bits per heavy atom. The Balaban J connectivity index is 1.17. The monoisotopic (exact) mass is 877 g/mol. The van der Waals surface area contributed by atoms with Gasteiger partial charge in [-0.25, -0.2) is 0 Å². The smallest absolute Gasteiger partial charge is 0.252 e. The maximum absolute atomic E-state index is 9.59. The van der Waals surface area contributed by atoms with Crippen molar-refractivity contribution in [3.63, 3.8) is 0 Å². The topological polar surface area (TPSA) is 14.8 Å². The van der Waals surface area contributed by atoms with Gasteiger partial charge in [0.25, 0.3) is 6.71 Å². The Morgan fingerprint density at radius 2 is 0.853 bits per heavy atom. The Hall–Kier alpha value is -7.30. The minimum Gasteiger partial charge on any atom is -0.310 e. The number of nitrogens with zero attached hydrogens (tertiary/aromatic N) is 3. The minimum atomic E-state index is -0.899. The predicted molar refractivity (Wildman–Crippen MR) is 292 cm³/mol. The molecule has 1 aliphatic carbocycles. The van der Waals surface area contributed by atoms with Crippen LogP contribution in [-0.2, 0) is 0 Å². The molecule has 0 fully saturated rings. The second-order valence-corrected chi connectivity index (χ2v) is 20.8. The average Bonchev–Trinajstić information content (AvgIpc) is 3.95. The van der Waals surface area contributed by atoms with Gasteiger partial charge in [-0.1, -0.05) is 140 Å². The molecule has 0 bridgehead atoms. The summed E-state index contributed by atoms with van der Waals surface area (Å²) < 4.78 is 45.1. The van der Waals surface area contributed by atoms with Crippen molar-refractivity contribution in [2.24, 2.45) is 0 Å². The zero-order valence-corrected chi connectivity index (χ0v) is 39.8. The van der Waals surface area contributed by atoms with Crippen LogP contribution in [0.15, 0.2) is 146 Å². The lowest BCUT2D eigenvalue weighted by molar-refractivity contribution is 0.868. The van der Waals surface area contributed by atoms with E-state index in [1.807, 2.05) is 55.4 Å². The van der Waals surface area contributed by atoms with Crippen LogP contribution in [0, 0.1) is 0 Å². The molecule has 326 valence electrons. The lowest BCUT2D eigenvalue weighted by Gasteiger charge is -2.35. The Morgan fingerprint density at radius 3 is 1.40 bits per heavy atom. The number of hydrogen-bond acceptors (Lipinski definition) is 0. The van der Waals surface area contributed by atoms with Crippen LogP contribution >= 0.6 is 0 Å². The van der Waals surface area contributed by atoms with Crippen molar-refractivity contribution in [2.45, 2.75) is 79.0 Å². The second kappa shape index (κ2) is 13.2. The molecule has 0 spiro atoms. The summed E-state index contributed by atoms with van der Waals surface area (Å²) in [4.78, 5) is 0. The molecule has 0 radical (unpaired) electrons. The highest BCUT2D eigenvalue weighted by molar-refractivity contribution is 7.00. The third-order valence-corrected chi connectivity index (χ3v) is 16.2. The first-order chi connectivity index (χ1) is 34.3. The molecule has 3 nitrogen and oxygen atoms in total. The molecule has 4 heteroatoms. The molecule has 2 aliphatic heterocycles. The van der Waals surface area contributed by atoms with Crippen molar-refractivity contribution >= 4 is 99.3 Å². The quantitative estimate of drug-likeness (QED) is 0.153. The number of rotatable bonds is 5. The Kier molecular flexibility index (Phi) is 6.80. The number of fused-ring (bicyclic) bond motifs is 13. The molecule has 12 aromatic rings. The van der Waals surface area contributed by atoms with Gasteiger partial charge in [0.1, 0.15) is 0 Å². The summed E-state index contributed by atoms with van der Waals surface area (Å²) in [5.41, 5.74) is 22.2. The van der Waals surface area contributed by atoms with E-state index in [0.717, 1.165) is 105 Å². The summed E-state index contributed by atoms with van der Waals surface area (Å²) in [6.07, 6.45) is 0. The van der Waals surface area contributed by atoms with Gasteiger partial charge in [0.2, 0.25) is 0 Å². The van der Waals surface area contributed by atoms with Gasteiger partial charge in [-0.2, -0.15) is 0 Å². The molecule has 0 amide bonds. The maximum Gasteiger partial charge on any atom is 0.252 e. The van der Waals surface area contributed by atoms with E-state index in [1.54, 1.807) is 0 Å². The molecule has 0 N–H and O–H groups in total. The van der Waals surface area contributed by atoms with Crippen LogP contribution in [-0.4, -0.2) is 20.4 Å². The van der Waals surface area contributed by atoms with Crippen LogP contribution in [0.2, 0.25) is 0 Å². The lowest BCUT2D eigenvalue weighted by atomic mass is 9.34. The third kappa shape index (κ3) is 4.76. The van der Waals surface area contributed by atoms with Gasteiger partial charge in [0, 0.05) is 60.2 Å². The van der Waals surface area contributed by atoms with Gasteiger partial charge < -0.3 is 13.7 Å². The van der Waals surface area contributed by atoms with E-state index >= 15 is 0 Å². The van der Waals surface area contributed by atoms with E-state index in [9.17, 15) is 5.48 Å². The number of hydrogen-bond donors (Lipinski definition) is 0. The molecule has 5 heterocycles. The van der Waals surface area contributed by atoms with Gasteiger partial charge in [-0.3, -0.25) is 0 Å². The SMILES string of the molecule is [2H]C(C)(C)c1ccc2c(c1)c1cc(C([2H])(C)C)cc3c1n2-c1cc(-n2c4cccc5c4c4c6c(cccc6ccc42)-c2ccccc2-5)cc2c1B3c1cc(C([2H])(C)C)cc3c4cc(C([2H])(C)C)ccc4n-2c13. The second-order valence-electron chi connectivity index (χ2n) is 20.8. The predicted octanol–water partition coefficient (Wildman–Crippen LogP) is 15.4. The molecule has 3 aliphatic rings. The Bertz CT molecular complexity index is 4320. The zero-order valence-electron chi connectivity index (χ0n) is 43.8. The highest BCUT2D eigenvalue weighted by atomic mass is 15.1. The van der Waals surface area contributed by atoms with Crippen LogP contribution < -0.4 is 16.4 Å². The van der Waals surface area contributed by atoms with Crippen LogP contribution in [0.1, 0.15) is 107 Å². The average molecular weight is 878 g/mol. The zero-order chi connectivity index (χ0) is 49.4. The first kappa shape index (κ1) is 34.9. The van der Waals surface area contributed by atoms with E-state index in [-0.39, 0.29) is 6.71 Å². The van der Waals surface area contributed by atoms with Crippen molar-refractivity contribution < 1.29 is 5.48 Å². The largest absolute Gasteiger partial charge is 0.310 e. The third-order valence-electron chi connectivity index (χ3n) is 16.2. The molecule has 0 saturated heterocycles. The molecular formula is C64H52BN3. The van der Waals surface area contributed by atoms with Gasteiger partial charge in [-0.15, -0.1) is 0 Å². The molecule has 0 unspecified atom stereocenters. The van der Waals surface area contributed by atoms with Crippen LogP contribution in [0.25, 0.3) is 116 Å². The molecule has 15 rings (SSSR count). The normalized spacial score (nSPS) is 15.0. The molecular weight excluding hydrogens is 822 g/mol. The van der Waals surface area contributed by atoms with Crippen molar-refractivity contribution in [1.29, 1.82) is 0 Å². The van der Waals surface area contributed by atoms with Crippen molar-refractivity contribution in [2.75, 3.05) is 0 Å². The van der Waals surface area contributed by atoms with E-state index in [2.05, 4.69) is 159 Å². The van der Waals surface area contributed by atoms with E-state index in [4.69, 9.17) is 0 Å². The van der Waals surface area contributed by atoms with E-state index in [1.165, 1.54) is 49.3 Å². The van der Waals surface area contributed by atoms with E-state index in [0.29, 0.717) is 0 Å². The molecule has 0 atom stereocenters. The summed E-state index contributed by atoms with van der Waals surface area (Å²) in [6, 6.07) is 54.2. The summed E-state index contributed by atoms with van der Waals surface area (Å²) in [5, 5.41) is 9.35. The van der Waals surface area contributed by atoms with Crippen LogP contribution in [0.5, 0.6) is 0 Å². The maximum atomic E-state index is 9.59. The fourth-order valence-electron chi connectivity index (χ4n) is 13.0. The molecule has 68 heavy (non-hydrogen) atoms. The lowest BCUT2D eigenvalue weighted by Crippen LogP contribution is -2.59. The van der Waals surface area contributed by atoms with Crippen LogP contribution in [0.4, 0.5) is 0 Å². The summed E-state index contributed by atoms with van der Waals surface area (Å²) in [6.45, 7) is 15.5.